The molecule has 142 valence electrons. The molecular formula is C20H16ClN3O4. The van der Waals surface area contributed by atoms with E-state index >= 15 is 0 Å². The number of amides is 1. The lowest BCUT2D eigenvalue weighted by Crippen LogP contribution is -2.12. The monoisotopic (exact) mass is 397 g/mol. The minimum Gasteiger partial charge on any atom is -0.495 e. The third-order valence-corrected chi connectivity index (χ3v) is 4.37. The smallest absolute Gasteiger partial charge is 0.255 e. The Morgan fingerprint density at radius 2 is 1.89 bits per heavy atom. The standard InChI is InChI=1S/C20H16ClN3O4/c1-26-16-4-2-13(9-15(16)21)24-20(25)12-6-7-22-19(8-12)23-14-3-5-17-18(10-14)28-11-27-17/h2-10H,11H2,1H3,(H,22,23)(H,24,25). The maximum absolute atomic E-state index is 12.6. The van der Waals surface area contributed by atoms with Crippen LogP contribution in [0.4, 0.5) is 17.2 Å². The van der Waals surface area contributed by atoms with Gasteiger partial charge in [0.2, 0.25) is 6.79 Å². The molecule has 7 nitrogen and oxygen atoms in total. The molecule has 1 amide bonds. The lowest BCUT2D eigenvalue weighted by Gasteiger charge is -2.10. The minimum atomic E-state index is -0.280. The van der Waals surface area contributed by atoms with Crippen molar-refractivity contribution in [1.82, 2.24) is 4.98 Å². The van der Waals surface area contributed by atoms with Crippen LogP contribution in [0.5, 0.6) is 17.2 Å². The van der Waals surface area contributed by atoms with Crippen LogP contribution in [-0.4, -0.2) is 24.8 Å². The summed E-state index contributed by atoms with van der Waals surface area (Å²) in [7, 11) is 1.53. The first-order valence-electron chi connectivity index (χ1n) is 8.40. The minimum absolute atomic E-state index is 0.210. The molecule has 0 saturated carbocycles. The number of nitrogens with one attached hydrogen (secondary N) is 2. The van der Waals surface area contributed by atoms with Crippen molar-refractivity contribution in [2.24, 2.45) is 0 Å². The summed E-state index contributed by atoms with van der Waals surface area (Å²) in [5.74, 6) is 2.15. The highest BCUT2D eigenvalue weighted by atomic mass is 35.5. The highest BCUT2D eigenvalue weighted by molar-refractivity contribution is 6.32. The Labute approximate surface area is 166 Å². The van der Waals surface area contributed by atoms with Crippen molar-refractivity contribution < 1.29 is 19.0 Å². The lowest BCUT2D eigenvalue weighted by molar-refractivity contribution is 0.102. The number of anilines is 3. The van der Waals surface area contributed by atoms with E-state index < -0.39 is 0 Å². The van der Waals surface area contributed by atoms with Crippen LogP contribution in [0.25, 0.3) is 0 Å². The van der Waals surface area contributed by atoms with E-state index in [0.29, 0.717) is 39.3 Å². The quantitative estimate of drug-likeness (QED) is 0.661. The van der Waals surface area contributed by atoms with E-state index in [-0.39, 0.29) is 12.7 Å². The van der Waals surface area contributed by atoms with E-state index in [9.17, 15) is 4.79 Å². The van der Waals surface area contributed by atoms with Crippen LogP contribution in [0.2, 0.25) is 5.02 Å². The fourth-order valence-corrected chi connectivity index (χ4v) is 2.97. The zero-order valence-electron chi connectivity index (χ0n) is 14.9. The van der Waals surface area contributed by atoms with Gasteiger partial charge in [0, 0.05) is 29.2 Å². The Balaban J connectivity index is 1.48. The van der Waals surface area contributed by atoms with Crippen molar-refractivity contribution in [3.05, 3.63) is 65.3 Å². The molecule has 28 heavy (non-hydrogen) atoms. The number of rotatable bonds is 5. The SMILES string of the molecule is COc1ccc(NC(=O)c2ccnc(Nc3ccc4c(c3)OCO4)c2)cc1Cl. The Morgan fingerprint density at radius 1 is 1.07 bits per heavy atom. The van der Waals surface area contributed by atoms with Gasteiger partial charge >= 0.3 is 0 Å². The van der Waals surface area contributed by atoms with E-state index in [1.165, 1.54) is 7.11 Å². The van der Waals surface area contributed by atoms with Crippen molar-refractivity contribution in [2.45, 2.75) is 0 Å². The number of aromatic nitrogens is 1. The number of halogens is 1. The third-order valence-electron chi connectivity index (χ3n) is 4.08. The van der Waals surface area contributed by atoms with E-state index in [1.807, 2.05) is 18.2 Å². The van der Waals surface area contributed by atoms with Gasteiger partial charge in [-0.1, -0.05) is 11.6 Å². The molecule has 3 aromatic rings. The fourth-order valence-electron chi connectivity index (χ4n) is 2.71. The fraction of sp³-hybridized carbons (Fsp3) is 0.100. The molecule has 0 spiro atoms. The van der Waals surface area contributed by atoms with Gasteiger partial charge in [0.1, 0.15) is 11.6 Å². The Kier molecular flexibility index (Phi) is 4.90. The van der Waals surface area contributed by atoms with Crippen LogP contribution in [-0.2, 0) is 0 Å². The van der Waals surface area contributed by atoms with E-state index in [2.05, 4.69) is 15.6 Å². The van der Waals surface area contributed by atoms with Gasteiger partial charge in [0.05, 0.1) is 12.1 Å². The Morgan fingerprint density at radius 3 is 2.71 bits per heavy atom. The molecule has 8 heteroatoms. The summed E-state index contributed by atoms with van der Waals surface area (Å²) in [4.78, 5) is 16.8. The largest absolute Gasteiger partial charge is 0.495 e. The van der Waals surface area contributed by atoms with Crippen LogP contribution in [0.3, 0.4) is 0 Å². The molecule has 1 aliphatic heterocycles. The first-order chi connectivity index (χ1) is 13.6. The molecule has 0 unspecified atom stereocenters. The second kappa shape index (κ2) is 7.66. The molecule has 0 fully saturated rings. The average molecular weight is 398 g/mol. The van der Waals surface area contributed by atoms with Crippen molar-refractivity contribution in [2.75, 3.05) is 24.5 Å². The molecule has 0 bridgehead atoms. The predicted molar refractivity (Wildman–Crippen MR) is 106 cm³/mol. The second-order valence-electron chi connectivity index (χ2n) is 5.93. The molecule has 2 aromatic carbocycles. The Bertz CT molecular complexity index is 1040. The van der Waals surface area contributed by atoms with Gasteiger partial charge in [-0.25, -0.2) is 4.98 Å². The van der Waals surface area contributed by atoms with Gasteiger partial charge in [0.15, 0.2) is 11.5 Å². The van der Waals surface area contributed by atoms with Gasteiger partial charge in [-0.15, -0.1) is 0 Å². The molecule has 2 heterocycles. The molecular weight excluding hydrogens is 382 g/mol. The first-order valence-corrected chi connectivity index (χ1v) is 8.78. The van der Waals surface area contributed by atoms with Crippen LogP contribution in [0, 0.1) is 0 Å². The van der Waals surface area contributed by atoms with Crippen LogP contribution in [0.15, 0.2) is 54.7 Å². The van der Waals surface area contributed by atoms with Crippen LogP contribution < -0.4 is 24.8 Å². The Hall–Kier alpha value is -3.45. The molecule has 0 radical (unpaired) electrons. The van der Waals surface area contributed by atoms with Crippen molar-refractivity contribution in [3.63, 3.8) is 0 Å². The third kappa shape index (κ3) is 3.79. The van der Waals surface area contributed by atoms with Gasteiger partial charge in [-0.2, -0.15) is 0 Å². The van der Waals surface area contributed by atoms with Crippen LogP contribution >= 0.6 is 11.6 Å². The summed E-state index contributed by atoms with van der Waals surface area (Å²) < 4.78 is 15.8. The highest BCUT2D eigenvalue weighted by Gasteiger charge is 2.14. The van der Waals surface area contributed by atoms with Gasteiger partial charge in [-0.3, -0.25) is 4.79 Å². The maximum atomic E-state index is 12.6. The number of carbonyl (C=O) groups is 1. The molecule has 0 aliphatic carbocycles. The maximum Gasteiger partial charge on any atom is 0.255 e. The van der Waals surface area contributed by atoms with Gasteiger partial charge in [0.25, 0.3) is 5.91 Å². The molecule has 0 atom stereocenters. The molecule has 4 rings (SSSR count). The number of hydrogen-bond acceptors (Lipinski definition) is 6. The van der Waals surface area contributed by atoms with Gasteiger partial charge in [-0.05, 0) is 42.5 Å². The van der Waals surface area contributed by atoms with E-state index in [4.69, 9.17) is 25.8 Å². The number of hydrogen-bond donors (Lipinski definition) is 2. The van der Waals surface area contributed by atoms with Crippen molar-refractivity contribution in [3.8, 4) is 17.2 Å². The first kappa shape index (κ1) is 17.9. The van der Waals surface area contributed by atoms with Crippen molar-refractivity contribution in [1.29, 1.82) is 0 Å². The number of ether oxygens (including phenoxy) is 3. The molecule has 0 saturated heterocycles. The summed E-state index contributed by atoms with van der Waals surface area (Å²) in [5, 5.41) is 6.37. The second-order valence-corrected chi connectivity index (χ2v) is 6.33. The number of pyridine rings is 1. The predicted octanol–water partition coefficient (Wildman–Crippen LogP) is 4.47. The number of nitrogens with zero attached hydrogens (tertiary/aromatic N) is 1. The number of fused-ring (bicyclic) bond motifs is 1. The average Bonchev–Trinajstić information content (AvgIpc) is 3.16. The summed E-state index contributed by atoms with van der Waals surface area (Å²) in [5.41, 5.74) is 1.79. The van der Waals surface area contributed by atoms with E-state index in [0.717, 1.165) is 5.69 Å². The number of benzene rings is 2. The van der Waals surface area contributed by atoms with E-state index in [1.54, 1.807) is 36.5 Å². The van der Waals surface area contributed by atoms with Gasteiger partial charge < -0.3 is 24.8 Å². The summed E-state index contributed by atoms with van der Waals surface area (Å²) in [6, 6.07) is 13.8. The zero-order valence-corrected chi connectivity index (χ0v) is 15.6. The highest BCUT2D eigenvalue weighted by Crippen LogP contribution is 2.35. The molecule has 1 aromatic heterocycles. The van der Waals surface area contributed by atoms with Crippen molar-refractivity contribution >= 4 is 34.7 Å². The molecule has 1 aliphatic rings. The summed E-state index contributed by atoms with van der Waals surface area (Å²) in [6.45, 7) is 0.210. The summed E-state index contributed by atoms with van der Waals surface area (Å²) >= 11 is 6.10. The topological polar surface area (TPSA) is 81.7 Å². The summed E-state index contributed by atoms with van der Waals surface area (Å²) in [6.07, 6.45) is 1.56. The van der Waals surface area contributed by atoms with Crippen LogP contribution in [0.1, 0.15) is 10.4 Å². The number of methoxy groups -OCH3 is 1. The number of carbonyl (C=O) groups excluding carboxylic acids is 1. The molecule has 2 N–H and O–H groups in total. The lowest BCUT2D eigenvalue weighted by atomic mass is 10.2. The zero-order chi connectivity index (χ0) is 19.5. The normalized spacial score (nSPS) is 11.8.